The van der Waals surface area contributed by atoms with E-state index in [2.05, 4.69) is 4.99 Å². The molecule has 0 saturated heterocycles. The standard InChI is InChI=1S/C17H13F5N2O/c18-9-2-3-11(13(19)8-9)10-4-5-12(10)16(15(23)25)6-1-7-24-14(16)17(20,21)22/h1-3,6-8,14H,4-5H2,(H2,23,25). The molecule has 2 N–H and O–H groups in total. The molecular formula is C17H13F5N2O. The minimum absolute atomic E-state index is 0.0350. The van der Waals surface area contributed by atoms with Crippen LogP contribution in [0.25, 0.3) is 5.57 Å². The number of halogens is 5. The fourth-order valence-electron chi connectivity index (χ4n) is 3.38. The molecule has 2 unspecified atom stereocenters. The second kappa shape index (κ2) is 5.79. The van der Waals surface area contributed by atoms with E-state index in [4.69, 9.17) is 5.73 Å². The Hall–Kier alpha value is -2.51. The van der Waals surface area contributed by atoms with Gasteiger partial charge in [0.15, 0.2) is 6.04 Å². The smallest absolute Gasteiger partial charge is 0.369 e. The van der Waals surface area contributed by atoms with Gasteiger partial charge in [-0.15, -0.1) is 0 Å². The van der Waals surface area contributed by atoms with Crippen molar-refractivity contribution in [2.24, 2.45) is 16.1 Å². The SMILES string of the molecule is NC(=O)C1(C2=C(c3ccc(F)cc3F)CC2)C=CC=NC1C(F)(F)F. The van der Waals surface area contributed by atoms with Crippen LogP contribution in [-0.4, -0.2) is 24.3 Å². The van der Waals surface area contributed by atoms with Crippen LogP contribution in [0, 0.1) is 17.0 Å². The Morgan fingerprint density at radius 2 is 1.96 bits per heavy atom. The molecule has 1 aliphatic heterocycles. The van der Waals surface area contributed by atoms with Gasteiger partial charge in [0.2, 0.25) is 5.91 Å². The first-order valence-corrected chi connectivity index (χ1v) is 7.43. The Balaban J connectivity index is 2.20. The van der Waals surface area contributed by atoms with Crippen molar-refractivity contribution >= 4 is 17.7 Å². The fourth-order valence-corrected chi connectivity index (χ4v) is 3.38. The van der Waals surface area contributed by atoms with Gasteiger partial charge in [0.25, 0.3) is 0 Å². The Morgan fingerprint density at radius 3 is 2.48 bits per heavy atom. The van der Waals surface area contributed by atoms with Gasteiger partial charge in [-0.3, -0.25) is 9.79 Å². The monoisotopic (exact) mass is 356 g/mol. The first kappa shape index (κ1) is 17.3. The van der Waals surface area contributed by atoms with Crippen LogP contribution in [0.2, 0.25) is 0 Å². The highest BCUT2D eigenvalue weighted by Crippen LogP contribution is 2.53. The Morgan fingerprint density at radius 1 is 1.24 bits per heavy atom. The number of rotatable bonds is 3. The van der Waals surface area contributed by atoms with E-state index in [-0.39, 0.29) is 29.6 Å². The molecule has 3 nitrogen and oxygen atoms in total. The summed E-state index contributed by atoms with van der Waals surface area (Å²) in [6, 6.07) is 0.419. The van der Waals surface area contributed by atoms with Crippen molar-refractivity contribution in [2.45, 2.75) is 25.1 Å². The van der Waals surface area contributed by atoms with Crippen molar-refractivity contribution in [2.75, 3.05) is 0 Å². The van der Waals surface area contributed by atoms with Gasteiger partial charge >= 0.3 is 6.18 Å². The predicted octanol–water partition coefficient (Wildman–Crippen LogP) is 3.56. The van der Waals surface area contributed by atoms with Crippen molar-refractivity contribution in [3.63, 3.8) is 0 Å². The second-order valence-electron chi connectivity index (χ2n) is 5.92. The molecule has 1 heterocycles. The predicted molar refractivity (Wildman–Crippen MR) is 81.6 cm³/mol. The highest BCUT2D eigenvalue weighted by Gasteiger charge is 2.59. The van der Waals surface area contributed by atoms with Gasteiger partial charge in [0.1, 0.15) is 17.0 Å². The lowest BCUT2D eigenvalue weighted by atomic mass is 9.63. The van der Waals surface area contributed by atoms with Gasteiger partial charge in [0.05, 0.1) is 0 Å². The zero-order valence-electron chi connectivity index (χ0n) is 12.8. The molecule has 3 rings (SSSR count). The van der Waals surface area contributed by atoms with E-state index in [0.717, 1.165) is 24.4 Å². The lowest BCUT2D eigenvalue weighted by Gasteiger charge is -2.43. The molecule has 2 atom stereocenters. The molecule has 0 saturated carbocycles. The summed E-state index contributed by atoms with van der Waals surface area (Å²) in [4.78, 5) is 15.5. The molecule has 0 fully saturated rings. The maximum absolute atomic E-state index is 14.1. The second-order valence-corrected chi connectivity index (χ2v) is 5.92. The number of hydrogen-bond acceptors (Lipinski definition) is 2. The largest absolute Gasteiger partial charge is 0.412 e. The summed E-state index contributed by atoms with van der Waals surface area (Å²) in [5.41, 5.74) is 3.41. The van der Waals surface area contributed by atoms with E-state index in [9.17, 15) is 26.7 Å². The molecule has 1 amide bonds. The highest BCUT2D eigenvalue weighted by molar-refractivity contribution is 5.95. The quantitative estimate of drug-likeness (QED) is 0.828. The molecule has 1 aromatic carbocycles. The average Bonchev–Trinajstić information content (AvgIpc) is 2.48. The van der Waals surface area contributed by atoms with Crippen LogP contribution in [0.1, 0.15) is 18.4 Å². The molecule has 1 aromatic rings. The van der Waals surface area contributed by atoms with Crippen LogP contribution in [0.4, 0.5) is 22.0 Å². The van der Waals surface area contributed by atoms with Crippen molar-refractivity contribution in [3.05, 3.63) is 53.1 Å². The van der Waals surface area contributed by atoms with Crippen molar-refractivity contribution in [1.29, 1.82) is 0 Å². The third-order valence-electron chi connectivity index (χ3n) is 4.57. The van der Waals surface area contributed by atoms with E-state index in [1.165, 1.54) is 6.08 Å². The average molecular weight is 356 g/mol. The van der Waals surface area contributed by atoms with Crippen LogP contribution < -0.4 is 5.73 Å². The molecule has 132 valence electrons. The molecule has 0 aromatic heterocycles. The van der Waals surface area contributed by atoms with Gasteiger partial charge in [0, 0.05) is 17.8 Å². The number of carbonyl (C=O) groups is 1. The minimum atomic E-state index is -4.81. The van der Waals surface area contributed by atoms with Crippen molar-refractivity contribution in [1.82, 2.24) is 0 Å². The van der Waals surface area contributed by atoms with E-state index in [1.807, 2.05) is 0 Å². The van der Waals surface area contributed by atoms with Gasteiger partial charge in [-0.1, -0.05) is 6.08 Å². The molecule has 0 bridgehead atoms. The lowest BCUT2D eigenvalue weighted by Crippen LogP contribution is -2.54. The van der Waals surface area contributed by atoms with Gasteiger partial charge in [-0.05, 0) is 42.2 Å². The maximum Gasteiger partial charge on any atom is 0.412 e. The van der Waals surface area contributed by atoms with Crippen LogP contribution in [0.15, 0.2) is 40.9 Å². The summed E-state index contributed by atoms with van der Waals surface area (Å²) in [7, 11) is 0. The molecule has 2 aliphatic rings. The number of aliphatic imine (C=N–C) groups is 1. The molecule has 0 radical (unpaired) electrons. The Bertz CT molecular complexity index is 825. The van der Waals surface area contributed by atoms with E-state index >= 15 is 0 Å². The number of primary amides is 1. The Labute approximate surface area is 139 Å². The number of benzene rings is 1. The molecule has 8 heteroatoms. The maximum atomic E-state index is 14.1. The molecule has 0 spiro atoms. The number of alkyl halides is 3. The fraction of sp³-hybridized carbons (Fsp3) is 0.294. The summed E-state index contributed by atoms with van der Waals surface area (Å²) in [6.45, 7) is 0. The zero-order chi connectivity index (χ0) is 18.4. The summed E-state index contributed by atoms with van der Waals surface area (Å²) in [5.74, 6) is -2.92. The first-order valence-electron chi connectivity index (χ1n) is 7.43. The summed E-state index contributed by atoms with van der Waals surface area (Å²) >= 11 is 0. The lowest BCUT2D eigenvalue weighted by molar-refractivity contribution is -0.169. The number of amides is 1. The van der Waals surface area contributed by atoms with E-state index in [0.29, 0.717) is 6.07 Å². The highest BCUT2D eigenvalue weighted by atomic mass is 19.4. The van der Waals surface area contributed by atoms with Crippen molar-refractivity contribution < 1.29 is 26.7 Å². The van der Waals surface area contributed by atoms with Crippen LogP contribution >= 0.6 is 0 Å². The minimum Gasteiger partial charge on any atom is -0.369 e. The Kier molecular flexibility index (Phi) is 4.01. The summed E-state index contributed by atoms with van der Waals surface area (Å²) in [5, 5.41) is 0. The summed E-state index contributed by atoms with van der Waals surface area (Å²) in [6.07, 6.45) is -1.17. The first-order chi connectivity index (χ1) is 11.7. The third kappa shape index (κ3) is 2.65. The number of nitrogens with two attached hydrogens (primary N) is 1. The zero-order valence-corrected chi connectivity index (χ0v) is 12.8. The van der Waals surface area contributed by atoms with E-state index < -0.39 is 35.2 Å². The number of allylic oxidation sites excluding steroid dienone is 2. The van der Waals surface area contributed by atoms with Crippen LogP contribution in [-0.2, 0) is 4.79 Å². The normalized spacial score (nSPS) is 25.9. The van der Waals surface area contributed by atoms with Gasteiger partial charge < -0.3 is 5.73 Å². The molecular weight excluding hydrogens is 343 g/mol. The van der Waals surface area contributed by atoms with Crippen LogP contribution in [0.5, 0.6) is 0 Å². The molecule has 25 heavy (non-hydrogen) atoms. The number of nitrogens with zero attached hydrogens (tertiary/aromatic N) is 1. The van der Waals surface area contributed by atoms with E-state index in [1.54, 1.807) is 0 Å². The summed E-state index contributed by atoms with van der Waals surface area (Å²) < 4.78 is 67.6. The topological polar surface area (TPSA) is 55.5 Å². The van der Waals surface area contributed by atoms with Gasteiger partial charge in [-0.2, -0.15) is 13.2 Å². The number of dihydropyridines is 1. The van der Waals surface area contributed by atoms with Gasteiger partial charge in [-0.25, -0.2) is 8.78 Å². The third-order valence-corrected chi connectivity index (χ3v) is 4.57. The number of hydrogen-bond donors (Lipinski definition) is 1. The van der Waals surface area contributed by atoms with Crippen molar-refractivity contribution in [3.8, 4) is 0 Å². The number of carbonyl (C=O) groups excluding carboxylic acids is 1. The molecule has 1 aliphatic carbocycles. The van der Waals surface area contributed by atoms with Crippen LogP contribution in [0.3, 0.4) is 0 Å².